The number of amides is 2. The number of aromatic nitrogens is 1. The van der Waals surface area contributed by atoms with E-state index >= 15 is 0 Å². The Labute approximate surface area is 265 Å². The Hall–Kier alpha value is -4.44. The van der Waals surface area contributed by atoms with Crippen LogP contribution in [0, 0.1) is 0 Å². The van der Waals surface area contributed by atoms with E-state index in [0.717, 1.165) is 0 Å². The molecule has 0 spiro atoms. The summed E-state index contributed by atoms with van der Waals surface area (Å²) in [5.74, 6) is 0.0284. The van der Waals surface area contributed by atoms with Crippen LogP contribution in [0.15, 0.2) is 40.0 Å². The molecule has 248 valence electrons. The first-order chi connectivity index (χ1) is 22.5. The number of benzene rings is 1. The molecule has 0 unspecified atom stereocenters. The lowest BCUT2D eigenvalue weighted by atomic mass is 10.0. The normalized spacial score (nSPS) is 13.0. The summed E-state index contributed by atoms with van der Waals surface area (Å²) in [6.07, 6.45) is 1.53. The highest BCUT2D eigenvalue weighted by Crippen LogP contribution is 2.37. The maximum atomic E-state index is 13.2. The monoisotopic (exact) mass is 641 g/mol. The Kier molecular flexibility index (Phi) is 13.9. The number of carbonyl (C=O) groups excluding carboxylic acids is 3. The van der Waals surface area contributed by atoms with Crippen molar-refractivity contribution in [1.29, 1.82) is 0 Å². The predicted molar refractivity (Wildman–Crippen MR) is 165 cm³/mol. The lowest BCUT2D eigenvalue weighted by Gasteiger charge is -2.26. The van der Waals surface area contributed by atoms with Crippen LogP contribution < -0.4 is 15.4 Å². The topological polar surface area (TPSA) is 202 Å². The van der Waals surface area contributed by atoms with Gasteiger partial charge in [0.2, 0.25) is 5.91 Å². The van der Waals surface area contributed by atoms with Gasteiger partial charge in [-0.25, -0.2) is 0 Å². The van der Waals surface area contributed by atoms with Crippen molar-refractivity contribution in [1.82, 2.24) is 20.5 Å². The zero-order chi connectivity index (χ0) is 32.6. The van der Waals surface area contributed by atoms with E-state index in [1.54, 1.807) is 29.2 Å². The third-order valence-electron chi connectivity index (χ3n) is 7.00. The summed E-state index contributed by atoms with van der Waals surface area (Å²) >= 11 is 0. The average Bonchev–Trinajstić information content (AvgIpc) is 3.75. The fourth-order valence-electron chi connectivity index (χ4n) is 4.73. The number of azide groups is 1. The van der Waals surface area contributed by atoms with Gasteiger partial charge in [0.05, 0.1) is 76.4 Å². The molecule has 1 aromatic carbocycles. The van der Waals surface area contributed by atoms with Crippen LogP contribution in [0.25, 0.3) is 32.7 Å². The van der Waals surface area contributed by atoms with Crippen molar-refractivity contribution in [2.45, 2.75) is 6.54 Å². The van der Waals surface area contributed by atoms with Crippen LogP contribution in [-0.2, 0) is 35.1 Å². The summed E-state index contributed by atoms with van der Waals surface area (Å²) in [5.41, 5.74) is 9.67. The van der Waals surface area contributed by atoms with Crippen molar-refractivity contribution in [3.8, 4) is 17.1 Å². The number of furan rings is 1. The van der Waals surface area contributed by atoms with Gasteiger partial charge >= 0.3 is 0 Å². The Balaban J connectivity index is 1.19. The number of ketones is 1. The second kappa shape index (κ2) is 18.5. The van der Waals surface area contributed by atoms with Crippen molar-refractivity contribution in [2.24, 2.45) is 5.11 Å². The third-order valence-corrected chi connectivity index (χ3v) is 7.00. The minimum Gasteiger partial charge on any atom is -0.496 e. The second-order valence-electron chi connectivity index (χ2n) is 10.0. The first-order valence-electron chi connectivity index (χ1n) is 14.9. The number of nitrogens with one attached hydrogen (secondary N) is 3. The highest BCUT2D eigenvalue weighted by atomic mass is 16.6. The molecule has 3 aromatic rings. The molecule has 16 heteroatoms. The van der Waals surface area contributed by atoms with Gasteiger partial charge in [-0.15, -0.1) is 0 Å². The van der Waals surface area contributed by atoms with Gasteiger partial charge in [-0.05, 0) is 29.8 Å². The number of hydrogen-bond donors (Lipinski definition) is 3. The summed E-state index contributed by atoms with van der Waals surface area (Å²) in [7, 11) is 1.51. The minimum absolute atomic E-state index is 0.133. The number of fused-ring (bicyclic) bond motifs is 1. The Morgan fingerprint density at radius 3 is 2.37 bits per heavy atom. The van der Waals surface area contributed by atoms with Crippen LogP contribution in [0.1, 0.15) is 16.1 Å². The SMILES string of the molecule is COc1ccc(-c2ccc(CNC(=O)COCCOCCOCCOCCN=[N+]=[N-])o2)c2[nH]cc(C(=O)C(=O)N3CCNCC3)c12. The van der Waals surface area contributed by atoms with Crippen molar-refractivity contribution in [3.05, 3.63) is 52.2 Å². The highest BCUT2D eigenvalue weighted by Gasteiger charge is 2.28. The van der Waals surface area contributed by atoms with Gasteiger partial charge in [-0.3, -0.25) is 14.4 Å². The van der Waals surface area contributed by atoms with Gasteiger partial charge in [0.15, 0.2) is 0 Å². The molecule has 2 amide bonds. The van der Waals surface area contributed by atoms with E-state index in [1.165, 1.54) is 13.3 Å². The molecule has 0 atom stereocenters. The third kappa shape index (κ3) is 9.78. The first kappa shape index (κ1) is 34.4. The molecule has 46 heavy (non-hydrogen) atoms. The summed E-state index contributed by atoms with van der Waals surface area (Å²) in [4.78, 5) is 45.7. The van der Waals surface area contributed by atoms with Gasteiger partial charge < -0.3 is 48.6 Å². The van der Waals surface area contributed by atoms with Crippen LogP contribution >= 0.6 is 0 Å². The number of nitrogens with zero attached hydrogens (tertiary/aromatic N) is 4. The molecule has 1 fully saturated rings. The van der Waals surface area contributed by atoms with Crippen LogP contribution in [0.3, 0.4) is 0 Å². The van der Waals surface area contributed by atoms with Gasteiger partial charge in [-0.1, -0.05) is 5.11 Å². The Morgan fingerprint density at radius 1 is 0.978 bits per heavy atom. The Morgan fingerprint density at radius 2 is 1.67 bits per heavy atom. The number of rotatable bonds is 20. The van der Waals surface area contributed by atoms with Crippen LogP contribution in [0.5, 0.6) is 5.75 Å². The maximum Gasteiger partial charge on any atom is 0.295 e. The van der Waals surface area contributed by atoms with E-state index in [2.05, 4.69) is 25.6 Å². The van der Waals surface area contributed by atoms with E-state index in [4.69, 9.17) is 33.6 Å². The van der Waals surface area contributed by atoms with Crippen molar-refractivity contribution >= 4 is 28.5 Å². The van der Waals surface area contributed by atoms with Gasteiger partial charge in [0, 0.05) is 49.4 Å². The molecule has 0 saturated carbocycles. The van der Waals surface area contributed by atoms with E-state index in [-0.39, 0.29) is 31.2 Å². The van der Waals surface area contributed by atoms with Crippen LogP contribution in [-0.4, -0.2) is 120 Å². The molecule has 0 bridgehead atoms. The lowest BCUT2D eigenvalue weighted by molar-refractivity contribution is -0.127. The quantitative estimate of drug-likeness (QED) is 0.0409. The summed E-state index contributed by atoms with van der Waals surface area (Å²) in [6, 6.07) is 7.05. The highest BCUT2D eigenvalue weighted by molar-refractivity contribution is 6.45. The minimum atomic E-state index is -0.604. The van der Waals surface area contributed by atoms with E-state index in [0.29, 0.717) is 106 Å². The number of piperazine rings is 1. The molecule has 1 aliphatic rings. The number of methoxy groups -OCH3 is 1. The molecule has 16 nitrogen and oxygen atoms in total. The molecule has 0 radical (unpaired) electrons. The van der Waals surface area contributed by atoms with Crippen LogP contribution in [0.2, 0.25) is 0 Å². The second-order valence-corrected chi connectivity index (χ2v) is 10.0. The number of aromatic amines is 1. The Bertz CT molecular complexity index is 1490. The molecular weight excluding hydrogens is 602 g/mol. The van der Waals surface area contributed by atoms with E-state index in [1.807, 2.05) is 0 Å². The first-order valence-corrected chi connectivity index (χ1v) is 14.9. The van der Waals surface area contributed by atoms with E-state index in [9.17, 15) is 14.4 Å². The van der Waals surface area contributed by atoms with E-state index < -0.39 is 11.7 Å². The van der Waals surface area contributed by atoms with Crippen molar-refractivity contribution in [3.63, 3.8) is 0 Å². The van der Waals surface area contributed by atoms with Crippen LogP contribution in [0.4, 0.5) is 0 Å². The number of H-pyrrole nitrogens is 1. The molecule has 3 heterocycles. The summed E-state index contributed by atoms with van der Waals surface area (Å²) in [6.45, 7) is 5.03. The van der Waals surface area contributed by atoms with Crippen molar-refractivity contribution in [2.75, 3.05) is 92.7 Å². The molecule has 1 aliphatic heterocycles. The summed E-state index contributed by atoms with van der Waals surface area (Å²) < 4.78 is 32.9. The maximum absolute atomic E-state index is 13.2. The molecular formula is C30H39N7O9. The zero-order valence-corrected chi connectivity index (χ0v) is 25.7. The average molecular weight is 642 g/mol. The zero-order valence-electron chi connectivity index (χ0n) is 25.7. The fourth-order valence-corrected chi connectivity index (χ4v) is 4.73. The molecule has 1 saturated heterocycles. The number of carbonyl (C=O) groups is 3. The molecule has 0 aliphatic carbocycles. The molecule has 4 rings (SSSR count). The smallest absolute Gasteiger partial charge is 0.295 e. The number of Topliss-reactive ketones (excluding diaryl/α,β-unsaturated/α-hetero) is 1. The van der Waals surface area contributed by atoms with Gasteiger partial charge in [0.25, 0.3) is 11.7 Å². The largest absolute Gasteiger partial charge is 0.496 e. The van der Waals surface area contributed by atoms with Gasteiger partial charge in [-0.2, -0.15) is 0 Å². The number of ether oxygens (including phenoxy) is 5. The lowest BCUT2D eigenvalue weighted by Crippen LogP contribution is -2.48. The molecule has 2 aromatic heterocycles. The van der Waals surface area contributed by atoms with Gasteiger partial charge in [0.1, 0.15) is 23.9 Å². The van der Waals surface area contributed by atoms with Crippen molar-refractivity contribution < 1.29 is 42.5 Å². The fraction of sp³-hybridized carbons (Fsp3) is 0.500. The molecule has 3 N–H and O–H groups in total. The standard InChI is InChI=1S/C30H39N7O9/c1-41-25-5-3-22(28-27(25)23(19-34-28)29(39)30(40)37-9-6-32-7-10-37)24-4-2-21(46-24)18-33-26(38)20-45-17-16-44-15-14-43-13-12-42-11-8-35-36-31/h2-5,19,32,34H,6-18,20H2,1H3,(H,33,38). The number of hydrogen-bond acceptors (Lipinski definition) is 11. The summed E-state index contributed by atoms with van der Waals surface area (Å²) in [5, 5.41) is 9.79. The predicted octanol–water partition coefficient (Wildman–Crippen LogP) is 2.04.